The smallest absolute Gasteiger partial charge is 0.323 e. The number of nitrogens with zero attached hydrogens (tertiary/aromatic N) is 2. The molecule has 17 heavy (non-hydrogen) atoms. The average Bonchev–Trinajstić information content (AvgIpc) is 2.77. The molecule has 0 saturated carbocycles. The van der Waals surface area contributed by atoms with Crippen LogP contribution >= 0.6 is 0 Å². The summed E-state index contributed by atoms with van der Waals surface area (Å²) in [6, 6.07) is -0.398. The van der Waals surface area contributed by atoms with Crippen LogP contribution in [0.4, 0.5) is 4.79 Å². The first-order chi connectivity index (χ1) is 8.13. The van der Waals surface area contributed by atoms with Gasteiger partial charge < -0.3 is 20.3 Å². The third kappa shape index (κ3) is 4.54. The molecule has 0 aromatic carbocycles. The number of nitrogens with one attached hydrogen (secondary N) is 2. The van der Waals surface area contributed by atoms with E-state index in [1.54, 1.807) is 12.4 Å². The van der Waals surface area contributed by atoms with E-state index >= 15 is 0 Å². The van der Waals surface area contributed by atoms with Crippen LogP contribution < -0.4 is 5.32 Å². The third-order valence-corrected chi connectivity index (χ3v) is 2.07. The number of urea groups is 1. The highest BCUT2D eigenvalue weighted by molar-refractivity contribution is 5.79. The average molecular weight is 240 g/mol. The molecule has 0 saturated heterocycles. The summed E-state index contributed by atoms with van der Waals surface area (Å²) in [6.45, 7) is 2.26. The van der Waals surface area contributed by atoms with Crippen molar-refractivity contribution in [2.45, 2.75) is 19.9 Å². The van der Waals surface area contributed by atoms with E-state index < -0.39 is 12.0 Å². The molecule has 0 unspecified atom stereocenters. The van der Waals surface area contributed by atoms with Gasteiger partial charge in [-0.2, -0.15) is 0 Å². The molecule has 7 heteroatoms. The van der Waals surface area contributed by atoms with E-state index in [0.29, 0.717) is 18.8 Å². The molecular formula is C10H16N4O3. The van der Waals surface area contributed by atoms with Crippen LogP contribution in [0.2, 0.25) is 0 Å². The van der Waals surface area contributed by atoms with Crippen LogP contribution in [0.1, 0.15) is 19.2 Å². The van der Waals surface area contributed by atoms with Gasteiger partial charge in [-0.05, 0) is 6.42 Å². The number of hydrogen-bond donors (Lipinski definition) is 3. The number of carboxylic acids is 1. The van der Waals surface area contributed by atoms with Crippen molar-refractivity contribution in [1.29, 1.82) is 0 Å². The van der Waals surface area contributed by atoms with Crippen LogP contribution in [-0.4, -0.2) is 45.1 Å². The Balaban J connectivity index is 2.44. The molecular weight excluding hydrogens is 224 g/mol. The monoisotopic (exact) mass is 240 g/mol. The van der Waals surface area contributed by atoms with Crippen molar-refractivity contribution in [2.75, 3.05) is 13.1 Å². The Morgan fingerprint density at radius 3 is 2.88 bits per heavy atom. The van der Waals surface area contributed by atoms with Crippen molar-refractivity contribution in [3.63, 3.8) is 0 Å². The molecule has 1 aromatic rings. The highest BCUT2D eigenvalue weighted by Gasteiger charge is 2.15. The van der Waals surface area contributed by atoms with Crippen LogP contribution in [-0.2, 0) is 11.3 Å². The number of hydrogen-bond acceptors (Lipinski definition) is 3. The molecule has 1 aromatic heterocycles. The quantitative estimate of drug-likeness (QED) is 0.671. The standard InChI is InChI=1S/C10H16N4O3/c1-2-5-14(7-9(15)16)10(17)13-6-8-11-3-4-12-8/h3-4H,2,5-7H2,1H3,(H,11,12)(H,13,17)(H,15,16). The Bertz CT molecular complexity index is 364. The van der Waals surface area contributed by atoms with Crippen LogP contribution in [0.15, 0.2) is 12.4 Å². The Labute approximate surface area is 98.8 Å². The van der Waals surface area contributed by atoms with E-state index in [1.807, 2.05) is 6.92 Å². The zero-order valence-electron chi connectivity index (χ0n) is 9.64. The summed E-state index contributed by atoms with van der Waals surface area (Å²) in [5.41, 5.74) is 0. The fraction of sp³-hybridized carbons (Fsp3) is 0.500. The molecule has 1 heterocycles. The van der Waals surface area contributed by atoms with E-state index in [0.717, 1.165) is 0 Å². The number of carbonyl (C=O) groups excluding carboxylic acids is 1. The summed E-state index contributed by atoms with van der Waals surface area (Å²) < 4.78 is 0. The van der Waals surface area contributed by atoms with E-state index in [2.05, 4.69) is 15.3 Å². The minimum absolute atomic E-state index is 0.256. The fourth-order valence-corrected chi connectivity index (χ4v) is 1.35. The maximum absolute atomic E-state index is 11.7. The van der Waals surface area contributed by atoms with Crippen LogP contribution in [0.3, 0.4) is 0 Å². The molecule has 0 aliphatic heterocycles. The van der Waals surface area contributed by atoms with Gasteiger partial charge in [0.2, 0.25) is 0 Å². The number of carboxylic acid groups (broad SMARTS) is 1. The van der Waals surface area contributed by atoms with E-state index in [1.165, 1.54) is 4.90 Å². The largest absolute Gasteiger partial charge is 0.480 e. The number of rotatable bonds is 6. The summed E-state index contributed by atoms with van der Waals surface area (Å²) in [5.74, 6) is -0.392. The first-order valence-corrected chi connectivity index (χ1v) is 5.36. The fourth-order valence-electron chi connectivity index (χ4n) is 1.35. The predicted molar refractivity (Wildman–Crippen MR) is 60.3 cm³/mol. The molecule has 0 aliphatic rings. The second-order valence-corrected chi connectivity index (χ2v) is 3.51. The van der Waals surface area contributed by atoms with E-state index in [4.69, 9.17) is 5.11 Å². The molecule has 7 nitrogen and oxygen atoms in total. The van der Waals surface area contributed by atoms with Crippen molar-refractivity contribution >= 4 is 12.0 Å². The minimum atomic E-state index is -1.02. The highest BCUT2D eigenvalue weighted by Crippen LogP contribution is 1.94. The molecule has 3 N–H and O–H groups in total. The second kappa shape index (κ2) is 6.51. The topological polar surface area (TPSA) is 98.3 Å². The highest BCUT2D eigenvalue weighted by atomic mass is 16.4. The molecule has 1 rings (SSSR count). The lowest BCUT2D eigenvalue weighted by atomic mass is 10.4. The molecule has 94 valence electrons. The van der Waals surface area contributed by atoms with E-state index in [-0.39, 0.29) is 13.1 Å². The predicted octanol–water partition coefficient (Wildman–Crippen LogP) is 0.416. The van der Waals surface area contributed by atoms with Crippen molar-refractivity contribution < 1.29 is 14.7 Å². The number of aromatic amines is 1. The van der Waals surface area contributed by atoms with Gasteiger partial charge in [-0.1, -0.05) is 6.92 Å². The summed E-state index contributed by atoms with van der Waals surface area (Å²) in [4.78, 5) is 30.3. The van der Waals surface area contributed by atoms with Gasteiger partial charge in [0, 0.05) is 18.9 Å². The maximum Gasteiger partial charge on any atom is 0.323 e. The molecule has 2 amide bonds. The lowest BCUT2D eigenvalue weighted by Crippen LogP contribution is -2.43. The number of aromatic nitrogens is 2. The summed E-state index contributed by atoms with van der Waals surface area (Å²) >= 11 is 0. The van der Waals surface area contributed by atoms with Crippen LogP contribution in [0.25, 0.3) is 0 Å². The van der Waals surface area contributed by atoms with Gasteiger partial charge in [0.1, 0.15) is 12.4 Å². The molecule has 0 fully saturated rings. The van der Waals surface area contributed by atoms with Crippen molar-refractivity contribution in [1.82, 2.24) is 20.2 Å². The first-order valence-electron chi connectivity index (χ1n) is 5.36. The summed E-state index contributed by atoms with van der Waals surface area (Å²) in [7, 11) is 0. The Morgan fingerprint density at radius 2 is 2.35 bits per heavy atom. The van der Waals surface area contributed by atoms with Crippen molar-refractivity contribution in [2.24, 2.45) is 0 Å². The van der Waals surface area contributed by atoms with Crippen molar-refractivity contribution in [3.8, 4) is 0 Å². The van der Waals surface area contributed by atoms with Gasteiger partial charge in [-0.25, -0.2) is 9.78 Å². The van der Waals surface area contributed by atoms with E-state index in [9.17, 15) is 9.59 Å². The normalized spacial score (nSPS) is 9.94. The molecule has 0 aliphatic carbocycles. The number of amides is 2. The number of aliphatic carboxylic acids is 1. The molecule has 0 atom stereocenters. The SMILES string of the molecule is CCCN(CC(=O)O)C(=O)NCc1ncc[nH]1. The van der Waals surface area contributed by atoms with Gasteiger partial charge in [0.05, 0.1) is 6.54 Å². The van der Waals surface area contributed by atoms with Gasteiger partial charge >= 0.3 is 12.0 Å². The van der Waals surface area contributed by atoms with Crippen molar-refractivity contribution in [3.05, 3.63) is 18.2 Å². The number of H-pyrrole nitrogens is 1. The van der Waals surface area contributed by atoms with Gasteiger partial charge in [0.15, 0.2) is 0 Å². The van der Waals surface area contributed by atoms with Gasteiger partial charge in [0.25, 0.3) is 0 Å². The van der Waals surface area contributed by atoms with Crippen LogP contribution in [0, 0.1) is 0 Å². The maximum atomic E-state index is 11.7. The number of imidazole rings is 1. The van der Waals surface area contributed by atoms with Gasteiger partial charge in [-0.3, -0.25) is 4.79 Å². The zero-order chi connectivity index (χ0) is 12.7. The molecule has 0 bridgehead atoms. The summed E-state index contributed by atoms with van der Waals surface area (Å²) in [6.07, 6.45) is 3.95. The third-order valence-electron chi connectivity index (χ3n) is 2.07. The van der Waals surface area contributed by atoms with Gasteiger partial charge in [-0.15, -0.1) is 0 Å². The molecule has 0 spiro atoms. The minimum Gasteiger partial charge on any atom is -0.480 e. The second-order valence-electron chi connectivity index (χ2n) is 3.51. The first kappa shape index (κ1) is 13.0. The van der Waals surface area contributed by atoms with Crippen LogP contribution in [0.5, 0.6) is 0 Å². The summed E-state index contributed by atoms with van der Waals surface area (Å²) in [5, 5.41) is 11.3. The molecule has 0 radical (unpaired) electrons. The Morgan fingerprint density at radius 1 is 1.59 bits per heavy atom. The Hall–Kier alpha value is -2.05. The lowest BCUT2D eigenvalue weighted by molar-refractivity contribution is -0.137. The lowest BCUT2D eigenvalue weighted by Gasteiger charge is -2.20. The number of carbonyl (C=O) groups is 2. The zero-order valence-corrected chi connectivity index (χ0v) is 9.64. The Kier molecular flexibility index (Phi) is 4.99.